The molecular weight excluding hydrogens is 290 g/mol. The third-order valence-corrected chi connectivity index (χ3v) is 7.82. The van der Waals surface area contributed by atoms with Gasteiger partial charge in [-0.3, -0.25) is 14.5 Å². The Kier molecular flexibility index (Phi) is 3.58. The van der Waals surface area contributed by atoms with Crippen LogP contribution < -0.4 is 0 Å². The van der Waals surface area contributed by atoms with E-state index in [0.717, 1.165) is 11.5 Å². The van der Waals surface area contributed by atoms with Crippen LogP contribution in [0.25, 0.3) is 0 Å². The van der Waals surface area contributed by atoms with E-state index in [-0.39, 0.29) is 21.8 Å². The van der Waals surface area contributed by atoms with E-state index in [9.17, 15) is 9.59 Å². The molecule has 3 nitrogen and oxygen atoms in total. The Labute approximate surface area is 127 Å². The van der Waals surface area contributed by atoms with E-state index in [4.69, 9.17) is 0 Å². The van der Waals surface area contributed by atoms with Crippen molar-refractivity contribution in [2.75, 3.05) is 18.1 Å². The first kappa shape index (κ1) is 14.0. The number of imide groups is 1. The summed E-state index contributed by atoms with van der Waals surface area (Å²) in [5.74, 6) is 2.28. The van der Waals surface area contributed by atoms with Crippen molar-refractivity contribution >= 4 is 35.3 Å². The molecule has 0 spiro atoms. The highest BCUT2D eigenvalue weighted by molar-refractivity contribution is 8.21. The maximum atomic E-state index is 12.4. The third kappa shape index (κ3) is 2.17. The lowest BCUT2D eigenvalue weighted by Crippen LogP contribution is -2.39. The fraction of sp³-hybridized carbons (Fsp3) is 0.467. The lowest BCUT2D eigenvalue weighted by molar-refractivity contribution is 0.0631. The number of benzene rings is 1. The van der Waals surface area contributed by atoms with Gasteiger partial charge in [-0.1, -0.05) is 19.1 Å². The van der Waals surface area contributed by atoms with Crippen molar-refractivity contribution in [3.8, 4) is 0 Å². The molecule has 1 aromatic rings. The third-order valence-electron chi connectivity index (χ3n) is 4.09. The SMILES string of the molecule is C[C@@H](CN1C(=O)c2ccccc2C1=O)C1(C)SCCS1. The second kappa shape index (κ2) is 5.11. The summed E-state index contributed by atoms with van der Waals surface area (Å²) in [6, 6.07) is 7.09. The molecule has 0 unspecified atom stereocenters. The molecule has 1 fully saturated rings. The Hall–Kier alpha value is -0.940. The van der Waals surface area contributed by atoms with Crippen LogP contribution in [-0.4, -0.2) is 38.8 Å². The molecule has 2 amide bonds. The number of fused-ring (bicyclic) bond motifs is 1. The van der Waals surface area contributed by atoms with E-state index in [1.807, 2.05) is 23.5 Å². The van der Waals surface area contributed by atoms with Gasteiger partial charge in [-0.05, 0) is 25.0 Å². The first-order valence-corrected chi connectivity index (χ1v) is 8.73. The molecular formula is C15H17NO2S2. The molecule has 1 atom stereocenters. The molecule has 3 rings (SSSR count). The molecule has 0 aromatic heterocycles. The van der Waals surface area contributed by atoms with Gasteiger partial charge in [-0.15, -0.1) is 23.5 Å². The number of carbonyl (C=O) groups is 2. The number of thioether (sulfide) groups is 2. The second-order valence-electron chi connectivity index (χ2n) is 5.38. The molecule has 5 heteroatoms. The Morgan fingerprint density at radius 2 is 1.65 bits per heavy atom. The molecule has 0 radical (unpaired) electrons. The van der Waals surface area contributed by atoms with Gasteiger partial charge < -0.3 is 0 Å². The van der Waals surface area contributed by atoms with Crippen LogP contribution in [0.2, 0.25) is 0 Å². The van der Waals surface area contributed by atoms with Crippen molar-refractivity contribution in [2.24, 2.45) is 5.92 Å². The van der Waals surface area contributed by atoms with Crippen molar-refractivity contribution in [3.05, 3.63) is 35.4 Å². The van der Waals surface area contributed by atoms with Gasteiger partial charge >= 0.3 is 0 Å². The van der Waals surface area contributed by atoms with Crippen LogP contribution in [0.3, 0.4) is 0 Å². The van der Waals surface area contributed by atoms with Crippen LogP contribution in [0.1, 0.15) is 34.6 Å². The monoisotopic (exact) mass is 307 g/mol. The summed E-state index contributed by atoms with van der Waals surface area (Å²) in [5.41, 5.74) is 1.09. The highest BCUT2D eigenvalue weighted by Gasteiger charge is 2.41. The highest BCUT2D eigenvalue weighted by atomic mass is 32.2. The van der Waals surface area contributed by atoms with Crippen LogP contribution in [0.4, 0.5) is 0 Å². The van der Waals surface area contributed by atoms with Crippen LogP contribution in [0.5, 0.6) is 0 Å². The van der Waals surface area contributed by atoms with E-state index in [0.29, 0.717) is 17.7 Å². The summed E-state index contributed by atoms with van der Waals surface area (Å²) >= 11 is 3.87. The summed E-state index contributed by atoms with van der Waals surface area (Å²) in [6.45, 7) is 4.86. The molecule has 2 aliphatic rings. The molecule has 0 saturated carbocycles. The topological polar surface area (TPSA) is 37.4 Å². The maximum absolute atomic E-state index is 12.4. The zero-order chi connectivity index (χ0) is 14.3. The Morgan fingerprint density at radius 3 is 2.15 bits per heavy atom. The van der Waals surface area contributed by atoms with E-state index in [2.05, 4.69) is 13.8 Å². The van der Waals surface area contributed by atoms with Crippen molar-refractivity contribution < 1.29 is 9.59 Å². The van der Waals surface area contributed by atoms with Crippen LogP contribution >= 0.6 is 23.5 Å². The van der Waals surface area contributed by atoms with Crippen molar-refractivity contribution in [3.63, 3.8) is 0 Å². The van der Waals surface area contributed by atoms with E-state index < -0.39 is 0 Å². The smallest absolute Gasteiger partial charge is 0.261 e. The fourth-order valence-corrected chi connectivity index (χ4v) is 5.69. The standard InChI is InChI=1S/C15H17NO2S2/c1-10(15(2)19-7-8-20-15)9-16-13(17)11-5-3-4-6-12(11)14(16)18/h3-6,10H,7-9H2,1-2H3/t10-/m0/s1. The van der Waals surface area contributed by atoms with E-state index in [1.54, 1.807) is 24.3 Å². The number of carbonyl (C=O) groups excluding carboxylic acids is 2. The number of rotatable bonds is 3. The van der Waals surface area contributed by atoms with Crippen molar-refractivity contribution in [1.29, 1.82) is 0 Å². The minimum atomic E-state index is -0.144. The quantitative estimate of drug-likeness (QED) is 0.804. The van der Waals surface area contributed by atoms with Gasteiger partial charge in [0.15, 0.2) is 0 Å². The maximum Gasteiger partial charge on any atom is 0.261 e. The largest absolute Gasteiger partial charge is 0.274 e. The van der Waals surface area contributed by atoms with E-state index >= 15 is 0 Å². The minimum absolute atomic E-state index is 0.106. The first-order valence-electron chi connectivity index (χ1n) is 6.76. The Balaban J connectivity index is 1.80. The molecule has 20 heavy (non-hydrogen) atoms. The summed E-state index contributed by atoms with van der Waals surface area (Å²) in [4.78, 5) is 26.1. The molecule has 0 N–H and O–H groups in total. The summed E-state index contributed by atoms with van der Waals surface area (Å²) in [5, 5.41) is 0. The average molecular weight is 307 g/mol. The summed E-state index contributed by atoms with van der Waals surface area (Å²) in [7, 11) is 0. The lowest BCUT2D eigenvalue weighted by atomic mass is 10.1. The van der Waals surface area contributed by atoms with E-state index in [1.165, 1.54) is 4.90 Å². The number of hydrogen-bond donors (Lipinski definition) is 0. The Bertz CT molecular complexity index is 532. The average Bonchev–Trinajstić information content (AvgIpc) is 2.99. The predicted molar refractivity (Wildman–Crippen MR) is 84.3 cm³/mol. The Morgan fingerprint density at radius 1 is 1.15 bits per heavy atom. The minimum Gasteiger partial charge on any atom is -0.274 e. The van der Waals surface area contributed by atoms with Gasteiger partial charge in [0, 0.05) is 18.1 Å². The zero-order valence-electron chi connectivity index (χ0n) is 11.6. The number of nitrogens with zero attached hydrogens (tertiary/aromatic N) is 1. The molecule has 1 saturated heterocycles. The van der Waals surface area contributed by atoms with Crippen molar-refractivity contribution in [2.45, 2.75) is 17.9 Å². The molecule has 106 valence electrons. The van der Waals surface area contributed by atoms with Gasteiger partial charge in [-0.2, -0.15) is 0 Å². The van der Waals surface area contributed by atoms with Gasteiger partial charge in [0.05, 0.1) is 15.2 Å². The van der Waals surface area contributed by atoms with Crippen molar-refractivity contribution in [1.82, 2.24) is 4.90 Å². The zero-order valence-corrected chi connectivity index (χ0v) is 13.2. The predicted octanol–water partition coefficient (Wildman–Crippen LogP) is 3.11. The normalized spacial score (nSPS) is 22.2. The molecule has 1 aromatic carbocycles. The van der Waals surface area contributed by atoms with Gasteiger partial charge in [-0.25, -0.2) is 0 Å². The van der Waals surface area contributed by atoms with Gasteiger partial charge in [0.1, 0.15) is 0 Å². The number of hydrogen-bond acceptors (Lipinski definition) is 4. The lowest BCUT2D eigenvalue weighted by Gasteiger charge is -2.31. The fourth-order valence-electron chi connectivity index (χ4n) is 2.66. The van der Waals surface area contributed by atoms with Crippen LogP contribution in [0, 0.1) is 5.92 Å². The molecule has 2 heterocycles. The van der Waals surface area contributed by atoms with Crippen LogP contribution in [-0.2, 0) is 0 Å². The molecule has 2 aliphatic heterocycles. The second-order valence-corrected chi connectivity index (χ2v) is 8.73. The first-order chi connectivity index (χ1) is 9.53. The van der Waals surface area contributed by atoms with Crippen LogP contribution in [0.15, 0.2) is 24.3 Å². The van der Waals surface area contributed by atoms with Gasteiger partial charge in [0.2, 0.25) is 0 Å². The number of amides is 2. The van der Waals surface area contributed by atoms with Gasteiger partial charge in [0.25, 0.3) is 11.8 Å². The molecule has 0 aliphatic carbocycles. The highest BCUT2D eigenvalue weighted by Crippen LogP contribution is 2.49. The molecule has 0 bridgehead atoms. The summed E-state index contributed by atoms with van der Waals surface area (Å²) in [6.07, 6.45) is 0. The summed E-state index contributed by atoms with van der Waals surface area (Å²) < 4.78 is 0.106.